The number of methoxy groups -OCH3 is 1. The Labute approximate surface area is 175 Å². The Bertz CT molecular complexity index is 891. The molecule has 0 aliphatic carbocycles. The van der Waals surface area contributed by atoms with Gasteiger partial charge >= 0.3 is 0 Å². The summed E-state index contributed by atoms with van der Waals surface area (Å²) in [7, 11) is 1.56. The molecule has 0 heterocycles. The smallest absolute Gasteiger partial charge is 0.180 e. The molecule has 0 bridgehead atoms. The Morgan fingerprint density at radius 1 is 0.929 bits per heavy atom. The highest BCUT2D eigenvalue weighted by Gasteiger charge is 2.13. The van der Waals surface area contributed by atoms with Gasteiger partial charge in [-0.05, 0) is 29.3 Å². The van der Waals surface area contributed by atoms with Crippen LogP contribution in [0.4, 0.5) is 4.39 Å². The molecule has 0 aromatic heterocycles. The second kappa shape index (κ2) is 10.9. The zero-order valence-electron chi connectivity index (χ0n) is 15.5. The van der Waals surface area contributed by atoms with Crippen molar-refractivity contribution >= 4 is 24.0 Å². The average molecular weight is 422 g/mol. The fraction of sp³-hybridized carbons (Fsp3) is 0.182. The van der Waals surface area contributed by atoms with Crippen molar-refractivity contribution in [1.82, 2.24) is 5.32 Å². The molecule has 1 N–H and O–H groups in total. The molecule has 0 amide bonds. The average Bonchev–Trinajstić information content (AvgIpc) is 2.69. The van der Waals surface area contributed by atoms with Crippen LogP contribution in [0.2, 0.25) is 5.02 Å². The number of hydrogen-bond donors (Lipinski definition) is 1. The van der Waals surface area contributed by atoms with Gasteiger partial charge in [0.05, 0.1) is 12.1 Å². The third-order valence-electron chi connectivity index (χ3n) is 4.12. The zero-order chi connectivity index (χ0) is 19.1. The molecule has 0 atom stereocenters. The second-order valence-electron chi connectivity index (χ2n) is 6.08. The van der Waals surface area contributed by atoms with E-state index in [9.17, 15) is 4.39 Å². The van der Waals surface area contributed by atoms with Crippen molar-refractivity contribution in [3.05, 3.63) is 94.3 Å². The van der Waals surface area contributed by atoms with Crippen LogP contribution < -0.4 is 14.8 Å². The van der Waals surface area contributed by atoms with Gasteiger partial charge < -0.3 is 14.8 Å². The summed E-state index contributed by atoms with van der Waals surface area (Å²) in [5.41, 5.74) is 2.65. The number of nitrogens with one attached hydrogen (secondary N) is 1. The topological polar surface area (TPSA) is 30.5 Å². The van der Waals surface area contributed by atoms with Gasteiger partial charge in [0.15, 0.2) is 11.5 Å². The second-order valence-corrected chi connectivity index (χ2v) is 6.49. The fourth-order valence-electron chi connectivity index (χ4n) is 2.73. The van der Waals surface area contributed by atoms with E-state index in [0.717, 1.165) is 12.1 Å². The van der Waals surface area contributed by atoms with Crippen LogP contribution in [0.3, 0.4) is 0 Å². The van der Waals surface area contributed by atoms with E-state index in [-0.39, 0.29) is 24.8 Å². The van der Waals surface area contributed by atoms with Gasteiger partial charge in [-0.2, -0.15) is 0 Å². The van der Waals surface area contributed by atoms with Gasteiger partial charge in [0.25, 0.3) is 0 Å². The molecule has 0 fully saturated rings. The Morgan fingerprint density at radius 2 is 1.61 bits per heavy atom. The van der Waals surface area contributed by atoms with Crippen molar-refractivity contribution in [3.63, 3.8) is 0 Å². The Morgan fingerprint density at radius 3 is 2.32 bits per heavy atom. The predicted octanol–water partition coefficient (Wildman–Crippen LogP) is 5.78. The van der Waals surface area contributed by atoms with E-state index in [4.69, 9.17) is 21.1 Å². The highest BCUT2D eigenvalue weighted by molar-refractivity contribution is 6.32. The van der Waals surface area contributed by atoms with E-state index in [0.29, 0.717) is 28.6 Å². The number of hydrogen-bond acceptors (Lipinski definition) is 3. The van der Waals surface area contributed by atoms with E-state index in [1.807, 2.05) is 30.3 Å². The normalized spacial score (nSPS) is 10.2. The molecule has 3 aromatic rings. The zero-order valence-corrected chi connectivity index (χ0v) is 17.0. The van der Waals surface area contributed by atoms with Gasteiger partial charge in [-0.1, -0.05) is 60.1 Å². The maximum absolute atomic E-state index is 13.8. The largest absolute Gasteiger partial charge is 0.493 e. The molecule has 0 saturated carbocycles. The predicted molar refractivity (Wildman–Crippen MR) is 113 cm³/mol. The summed E-state index contributed by atoms with van der Waals surface area (Å²) < 4.78 is 24.9. The minimum Gasteiger partial charge on any atom is -0.493 e. The number of benzene rings is 3. The highest BCUT2D eigenvalue weighted by atomic mass is 35.5. The molecular weight excluding hydrogens is 400 g/mol. The van der Waals surface area contributed by atoms with E-state index in [1.165, 1.54) is 11.6 Å². The molecule has 3 aromatic carbocycles. The summed E-state index contributed by atoms with van der Waals surface area (Å²) in [6, 6.07) is 20.4. The summed E-state index contributed by atoms with van der Waals surface area (Å²) in [4.78, 5) is 0. The lowest BCUT2D eigenvalue weighted by Gasteiger charge is -2.15. The molecule has 0 unspecified atom stereocenters. The summed E-state index contributed by atoms with van der Waals surface area (Å²) in [5, 5.41) is 3.81. The van der Waals surface area contributed by atoms with Crippen LogP contribution in [0.1, 0.15) is 16.7 Å². The molecular formula is C22H22Cl2FNO2. The molecule has 0 radical (unpaired) electrons. The van der Waals surface area contributed by atoms with E-state index in [1.54, 1.807) is 25.3 Å². The monoisotopic (exact) mass is 421 g/mol. The van der Waals surface area contributed by atoms with Crippen molar-refractivity contribution in [2.75, 3.05) is 7.11 Å². The summed E-state index contributed by atoms with van der Waals surface area (Å²) in [6.07, 6.45) is 0. The quantitative estimate of drug-likeness (QED) is 0.499. The lowest BCUT2D eigenvalue weighted by atomic mass is 10.1. The minimum atomic E-state index is -0.311. The van der Waals surface area contributed by atoms with E-state index < -0.39 is 0 Å². The first-order valence-corrected chi connectivity index (χ1v) is 9.02. The Hall–Kier alpha value is -2.27. The highest BCUT2D eigenvalue weighted by Crippen LogP contribution is 2.37. The lowest BCUT2D eigenvalue weighted by Crippen LogP contribution is -2.12. The van der Waals surface area contributed by atoms with Crippen molar-refractivity contribution in [3.8, 4) is 11.5 Å². The third kappa shape index (κ3) is 5.86. The van der Waals surface area contributed by atoms with Gasteiger partial charge in [0, 0.05) is 18.7 Å². The van der Waals surface area contributed by atoms with Crippen LogP contribution in [0, 0.1) is 5.82 Å². The first-order valence-electron chi connectivity index (χ1n) is 8.64. The fourth-order valence-corrected chi connectivity index (χ4v) is 3.02. The van der Waals surface area contributed by atoms with Crippen LogP contribution in [0.5, 0.6) is 11.5 Å². The van der Waals surface area contributed by atoms with Gasteiger partial charge in [0.1, 0.15) is 12.4 Å². The number of rotatable bonds is 8. The number of halogens is 3. The van der Waals surface area contributed by atoms with Crippen LogP contribution in [-0.2, 0) is 19.7 Å². The summed E-state index contributed by atoms with van der Waals surface area (Å²) in [5.74, 6) is 0.624. The molecule has 0 spiro atoms. The van der Waals surface area contributed by atoms with Crippen molar-refractivity contribution in [2.45, 2.75) is 19.7 Å². The van der Waals surface area contributed by atoms with Gasteiger partial charge in [-0.15, -0.1) is 12.4 Å². The van der Waals surface area contributed by atoms with Gasteiger partial charge in [-0.25, -0.2) is 4.39 Å². The van der Waals surface area contributed by atoms with Gasteiger partial charge in [-0.3, -0.25) is 0 Å². The van der Waals surface area contributed by atoms with Crippen molar-refractivity contribution < 1.29 is 13.9 Å². The van der Waals surface area contributed by atoms with Crippen molar-refractivity contribution in [2.24, 2.45) is 0 Å². The molecule has 0 saturated heterocycles. The maximum Gasteiger partial charge on any atom is 0.180 e. The third-order valence-corrected chi connectivity index (χ3v) is 4.40. The van der Waals surface area contributed by atoms with Crippen LogP contribution in [0.15, 0.2) is 66.7 Å². The molecule has 6 heteroatoms. The minimum absolute atomic E-state index is 0. The summed E-state index contributed by atoms with van der Waals surface area (Å²) in [6.45, 7) is 1.47. The Balaban J connectivity index is 0.00000280. The van der Waals surface area contributed by atoms with Crippen LogP contribution in [-0.4, -0.2) is 7.11 Å². The first-order chi connectivity index (χ1) is 13.2. The van der Waals surface area contributed by atoms with Crippen LogP contribution in [0.25, 0.3) is 0 Å². The van der Waals surface area contributed by atoms with E-state index >= 15 is 0 Å². The maximum atomic E-state index is 13.8. The van der Waals surface area contributed by atoms with Crippen molar-refractivity contribution in [1.29, 1.82) is 0 Å². The van der Waals surface area contributed by atoms with Crippen LogP contribution >= 0.6 is 24.0 Å². The molecule has 28 heavy (non-hydrogen) atoms. The molecule has 3 nitrogen and oxygen atoms in total. The summed E-state index contributed by atoms with van der Waals surface area (Å²) >= 11 is 6.39. The SMILES string of the molecule is COc1cc(CNCc2ccccc2)cc(Cl)c1OCc1ccccc1F.Cl. The van der Waals surface area contributed by atoms with Gasteiger partial charge in [0.2, 0.25) is 0 Å². The van der Waals surface area contributed by atoms with E-state index in [2.05, 4.69) is 17.4 Å². The lowest BCUT2D eigenvalue weighted by molar-refractivity contribution is 0.279. The standard InChI is InChI=1S/C22H21ClFNO2.ClH/c1-26-21-12-17(14-25-13-16-7-3-2-4-8-16)11-19(23)22(21)27-15-18-9-5-6-10-20(18)24;/h2-12,25H,13-15H2,1H3;1H. The first kappa shape index (κ1) is 22.0. The number of ether oxygens (including phenoxy) is 2. The molecule has 0 aliphatic heterocycles. The molecule has 148 valence electrons. The molecule has 0 aliphatic rings. The molecule has 3 rings (SSSR count). The Kier molecular flexibility index (Phi) is 8.58.